The average Bonchev–Trinajstić information content (AvgIpc) is 3.21. The average molecular weight is 524 g/mol. The predicted octanol–water partition coefficient (Wildman–Crippen LogP) is 2.29. The van der Waals surface area contributed by atoms with Crippen LogP contribution in [0.2, 0.25) is 0 Å². The Bertz CT molecular complexity index is 1110. The van der Waals surface area contributed by atoms with E-state index in [0.29, 0.717) is 25.9 Å². The van der Waals surface area contributed by atoms with Crippen molar-refractivity contribution in [1.82, 2.24) is 4.90 Å². The topological polar surface area (TPSA) is 99.6 Å². The summed E-state index contributed by atoms with van der Waals surface area (Å²) in [6, 6.07) is 7.01. The molecule has 4 aliphatic heterocycles. The fraction of sp³-hybridized carbons (Fsp3) is 0.552. The van der Waals surface area contributed by atoms with E-state index >= 15 is 0 Å². The number of fused-ring (bicyclic) bond motifs is 2. The van der Waals surface area contributed by atoms with Gasteiger partial charge in [0.1, 0.15) is 24.2 Å². The van der Waals surface area contributed by atoms with Gasteiger partial charge in [-0.15, -0.1) is 0 Å². The fourth-order valence-electron chi connectivity index (χ4n) is 6.44. The number of esters is 1. The van der Waals surface area contributed by atoms with Gasteiger partial charge >= 0.3 is 5.97 Å². The maximum atomic E-state index is 14.3. The van der Waals surface area contributed by atoms with Crippen molar-refractivity contribution < 1.29 is 29.0 Å². The minimum Gasteiger partial charge on any atom is -0.461 e. The van der Waals surface area contributed by atoms with Crippen molar-refractivity contribution in [2.75, 3.05) is 49.2 Å². The lowest BCUT2D eigenvalue weighted by molar-refractivity contribution is -0.152. The number of rotatable bonds is 9. The Morgan fingerprint density at radius 3 is 2.50 bits per heavy atom. The van der Waals surface area contributed by atoms with E-state index in [4.69, 9.17) is 9.47 Å². The summed E-state index contributed by atoms with van der Waals surface area (Å²) < 4.78 is 11.9. The Morgan fingerprint density at radius 2 is 1.79 bits per heavy atom. The Kier molecular flexibility index (Phi) is 7.59. The van der Waals surface area contributed by atoms with E-state index in [1.165, 1.54) is 0 Å². The second kappa shape index (κ2) is 10.9. The van der Waals surface area contributed by atoms with Crippen LogP contribution >= 0.6 is 0 Å². The molecule has 0 saturated carbocycles. The van der Waals surface area contributed by atoms with Gasteiger partial charge in [-0.05, 0) is 63.5 Å². The zero-order valence-electron chi connectivity index (χ0n) is 22.1. The Labute approximate surface area is 223 Å². The van der Waals surface area contributed by atoms with Gasteiger partial charge < -0.3 is 29.3 Å². The monoisotopic (exact) mass is 523 g/mol. The van der Waals surface area contributed by atoms with E-state index < -0.39 is 35.6 Å². The third-order valence-electron chi connectivity index (χ3n) is 8.26. The number of likely N-dealkylation sites (tertiary alicyclic amines) is 1. The molecule has 4 heterocycles. The van der Waals surface area contributed by atoms with Crippen LogP contribution in [0, 0.1) is 11.8 Å². The molecule has 0 aliphatic carbocycles. The third kappa shape index (κ3) is 4.31. The fourth-order valence-corrected chi connectivity index (χ4v) is 6.44. The molecule has 2 saturated heterocycles. The van der Waals surface area contributed by atoms with Crippen molar-refractivity contribution in [1.29, 1.82) is 0 Å². The lowest BCUT2D eigenvalue weighted by Crippen LogP contribution is -2.55. The van der Waals surface area contributed by atoms with E-state index in [0.717, 1.165) is 30.9 Å². The highest BCUT2D eigenvalue weighted by Crippen LogP contribution is 2.53. The second-order valence-corrected chi connectivity index (χ2v) is 10.3. The number of hydrogen-bond acceptors (Lipinski definition) is 7. The number of benzene rings is 1. The van der Waals surface area contributed by atoms with Crippen molar-refractivity contribution >= 4 is 29.2 Å². The molecule has 38 heavy (non-hydrogen) atoms. The summed E-state index contributed by atoms with van der Waals surface area (Å²) in [5.41, 5.74) is 0.575. The van der Waals surface area contributed by atoms with Gasteiger partial charge in [-0.1, -0.05) is 18.2 Å². The number of aliphatic hydroxyl groups is 1. The van der Waals surface area contributed by atoms with Gasteiger partial charge in [0.15, 0.2) is 0 Å². The number of hydrogen-bond donors (Lipinski definition) is 1. The highest BCUT2D eigenvalue weighted by atomic mass is 16.6. The highest BCUT2D eigenvalue weighted by molar-refractivity contribution is 6.05. The quantitative estimate of drug-likeness (QED) is 0.301. The van der Waals surface area contributed by atoms with Crippen LogP contribution in [0.5, 0.6) is 0 Å². The largest absolute Gasteiger partial charge is 0.461 e. The summed E-state index contributed by atoms with van der Waals surface area (Å²) in [5, 5.41) is 9.21. The van der Waals surface area contributed by atoms with Crippen LogP contribution in [0.15, 0.2) is 48.6 Å². The van der Waals surface area contributed by atoms with Crippen molar-refractivity contribution in [2.45, 2.75) is 50.9 Å². The van der Waals surface area contributed by atoms with Crippen molar-refractivity contribution in [2.24, 2.45) is 11.8 Å². The molecule has 9 nitrogen and oxygen atoms in total. The molecule has 0 aromatic heterocycles. The molecule has 0 radical (unpaired) electrons. The van der Waals surface area contributed by atoms with Crippen LogP contribution in [-0.2, 0) is 23.9 Å². The molecule has 2 fully saturated rings. The van der Waals surface area contributed by atoms with Crippen LogP contribution in [-0.4, -0.2) is 84.9 Å². The lowest BCUT2D eigenvalue weighted by Gasteiger charge is -2.35. The SMILES string of the molecule is CCN(CC)c1ccc(N2CC=C[C@]34O[C@H]5C=CCOC(=O)[C@H]5[C@H]3C(=O)N(CCCCCO)C4C2=O)cc1. The Hall–Kier alpha value is -3.17. The molecule has 1 unspecified atom stereocenters. The second-order valence-electron chi connectivity index (χ2n) is 10.3. The summed E-state index contributed by atoms with van der Waals surface area (Å²) >= 11 is 0. The minimum atomic E-state index is -1.25. The molecule has 0 bridgehead atoms. The summed E-state index contributed by atoms with van der Waals surface area (Å²) in [5.74, 6) is -2.59. The number of carbonyl (C=O) groups is 3. The van der Waals surface area contributed by atoms with E-state index in [9.17, 15) is 19.5 Å². The molecule has 1 N–H and O–H groups in total. The van der Waals surface area contributed by atoms with Gasteiger partial charge in [0.05, 0.1) is 12.0 Å². The van der Waals surface area contributed by atoms with Crippen molar-refractivity contribution in [3.05, 3.63) is 48.6 Å². The lowest BCUT2D eigenvalue weighted by atomic mass is 9.78. The first-order valence-electron chi connectivity index (χ1n) is 13.7. The summed E-state index contributed by atoms with van der Waals surface area (Å²) in [7, 11) is 0. The maximum Gasteiger partial charge on any atom is 0.313 e. The highest BCUT2D eigenvalue weighted by Gasteiger charge is 2.71. The number of aliphatic hydroxyl groups excluding tert-OH is 1. The number of cyclic esters (lactones) is 1. The number of anilines is 2. The van der Waals surface area contributed by atoms with Gasteiger partial charge in [-0.2, -0.15) is 0 Å². The zero-order chi connectivity index (χ0) is 26.9. The number of carbonyl (C=O) groups excluding carboxylic acids is 3. The third-order valence-corrected chi connectivity index (χ3v) is 8.26. The molecule has 204 valence electrons. The molecule has 1 spiro atoms. The molecule has 9 heteroatoms. The summed E-state index contributed by atoms with van der Waals surface area (Å²) in [6.45, 7) is 6.89. The van der Waals surface area contributed by atoms with Crippen LogP contribution in [0.3, 0.4) is 0 Å². The Morgan fingerprint density at radius 1 is 1.03 bits per heavy atom. The van der Waals surface area contributed by atoms with Crippen LogP contribution in [0.25, 0.3) is 0 Å². The number of amides is 2. The first-order chi connectivity index (χ1) is 18.5. The molecule has 5 rings (SSSR count). The first kappa shape index (κ1) is 26.4. The van der Waals surface area contributed by atoms with Gasteiger partial charge in [-0.3, -0.25) is 14.4 Å². The normalized spacial score (nSPS) is 30.0. The standard InChI is InChI=1S/C29H37N3O6/c1-3-30(4-2)20-11-13-21(14-12-20)31-17-9-15-29-24(23-22(38-29)10-8-19-37-28(23)36)26(34)32(25(29)27(31)35)16-6-5-7-18-33/h8-15,22-25,33H,3-7,16-19H2,1-2H3/t22-,23+,24-,25?,29-/m0/s1. The zero-order valence-corrected chi connectivity index (χ0v) is 22.1. The predicted molar refractivity (Wildman–Crippen MR) is 143 cm³/mol. The first-order valence-corrected chi connectivity index (χ1v) is 13.7. The molecule has 1 aromatic rings. The van der Waals surface area contributed by atoms with Crippen molar-refractivity contribution in [3.63, 3.8) is 0 Å². The van der Waals surface area contributed by atoms with Gasteiger partial charge in [0.2, 0.25) is 5.91 Å². The van der Waals surface area contributed by atoms with E-state index in [-0.39, 0.29) is 25.0 Å². The number of ether oxygens (including phenoxy) is 2. The minimum absolute atomic E-state index is 0.0773. The van der Waals surface area contributed by atoms with Crippen LogP contribution in [0.1, 0.15) is 33.1 Å². The molecular weight excluding hydrogens is 486 g/mol. The number of unbranched alkanes of at least 4 members (excludes halogenated alkanes) is 2. The van der Waals surface area contributed by atoms with E-state index in [1.807, 2.05) is 36.4 Å². The summed E-state index contributed by atoms with van der Waals surface area (Å²) in [4.78, 5) is 46.8. The van der Waals surface area contributed by atoms with Gasteiger partial charge in [0, 0.05) is 44.2 Å². The smallest absolute Gasteiger partial charge is 0.313 e. The van der Waals surface area contributed by atoms with Crippen LogP contribution in [0.4, 0.5) is 11.4 Å². The van der Waals surface area contributed by atoms with Crippen LogP contribution < -0.4 is 9.80 Å². The maximum absolute atomic E-state index is 14.3. The molecule has 1 aromatic carbocycles. The van der Waals surface area contributed by atoms with E-state index in [1.54, 1.807) is 22.0 Å². The molecular formula is C29H37N3O6. The molecule has 5 atom stereocenters. The van der Waals surface area contributed by atoms with E-state index in [2.05, 4.69) is 18.7 Å². The van der Waals surface area contributed by atoms with Crippen molar-refractivity contribution in [3.8, 4) is 0 Å². The Balaban J connectivity index is 1.51. The molecule has 2 amide bonds. The van der Waals surface area contributed by atoms with Gasteiger partial charge in [-0.25, -0.2) is 0 Å². The van der Waals surface area contributed by atoms with Gasteiger partial charge in [0.25, 0.3) is 5.91 Å². The number of nitrogens with zero attached hydrogens (tertiary/aromatic N) is 3. The molecule has 4 aliphatic rings. The summed E-state index contributed by atoms with van der Waals surface area (Å²) in [6.07, 6.45) is 8.60.